The molecule has 8 nitrogen and oxygen atoms in total. The fourth-order valence-corrected chi connectivity index (χ4v) is 3.64. The van der Waals surface area contributed by atoms with Gasteiger partial charge in [0.05, 0.1) is 5.56 Å². The Bertz CT molecular complexity index is 1260. The molecule has 1 aliphatic rings. The summed E-state index contributed by atoms with van der Waals surface area (Å²) in [5.74, 6) is 0.0953. The third kappa shape index (κ3) is 5.10. The molecule has 2 heterocycles. The molecule has 0 radical (unpaired) electrons. The van der Waals surface area contributed by atoms with Crippen LogP contribution in [0, 0.1) is 18.3 Å². The summed E-state index contributed by atoms with van der Waals surface area (Å²) in [7, 11) is 0. The summed E-state index contributed by atoms with van der Waals surface area (Å²) >= 11 is 0. The van der Waals surface area contributed by atoms with E-state index in [4.69, 9.17) is 25.6 Å². The zero-order valence-electron chi connectivity index (χ0n) is 18.0. The van der Waals surface area contributed by atoms with Crippen molar-refractivity contribution >= 4 is 12.5 Å². The highest BCUT2D eigenvalue weighted by molar-refractivity contribution is 5.76. The number of pyridine rings is 1. The van der Waals surface area contributed by atoms with Crippen molar-refractivity contribution in [1.82, 2.24) is 4.98 Å². The molecule has 0 saturated carbocycles. The number of ether oxygens (including phenoxy) is 2. The summed E-state index contributed by atoms with van der Waals surface area (Å²) in [5.41, 5.74) is 9.06. The van der Waals surface area contributed by atoms with Crippen LogP contribution in [-0.2, 0) is 15.1 Å². The minimum atomic E-state index is -2.91. The third-order valence-corrected chi connectivity index (χ3v) is 5.14. The molecule has 0 fully saturated rings. The summed E-state index contributed by atoms with van der Waals surface area (Å²) in [5, 5.41) is 16.1. The number of aryl methyl sites for hydroxylation is 1. The van der Waals surface area contributed by atoms with Gasteiger partial charge in [-0.25, -0.2) is 4.99 Å². The van der Waals surface area contributed by atoms with Crippen LogP contribution in [0.2, 0.25) is 0 Å². The summed E-state index contributed by atoms with van der Waals surface area (Å²) in [4.78, 5) is 17.1. The van der Waals surface area contributed by atoms with E-state index < -0.39 is 12.2 Å². The van der Waals surface area contributed by atoms with Gasteiger partial charge in [-0.15, -0.1) is 0 Å². The second-order valence-electron chi connectivity index (χ2n) is 7.22. The number of amidine groups is 1. The minimum Gasteiger partial charge on any atom is -0.483 e. The van der Waals surface area contributed by atoms with E-state index >= 15 is 0 Å². The lowest BCUT2D eigenvalue weighted by Crippen LogP contribution is -2.27. The third-order valence-electron chi connectivity index (χ3n) is 5.14. The molecule has 0 bridgehead atoms. The average molecular weight is 466 g/mol. The largest absolute Gasteiger partial charge is 0.483 e. The highest BCUT2D eigenvalue weighted by Gasteiger charge is 2.40. The molecule has 10 heteroatoms. The Kier molecular flexibility index (Phi) is 7.38. The van der Waals surface area contributed by atoms with Gasteiger partial charge >= 0.3 is 6.61 Å². The van der Waals surface area contributed by atoms with Crippen molar-refractivity contribution in [3.63, 3.8) is 0 Å². The topological polar surface area (TPSA) is 131 Å². The molecule has 0 amide bonds. The lowest BCUT2D eigenvalue weighted by molar-refractivity contribution is -0.122. The number of hydrogen-bond donors (Lipinski definition) is 2. The highest BCUT2D eigenvalue weighted by atomic mass is 19.3. The molecular weight excluding hydrogens is 446 g/mol. The quantitative estimate of drug-likeness (QED) is 0.547. The molecule has 2 aromatic carbocycles. The molecule has 3 aromatic rings. The Labute approximate surface area is 193 Å². The molecule has 0 spiro atoms. The minimum absolute atomic E-state index is 0.0455. The number of rotatable bonds is 5. The van der Waals surface area contributed by atoms with E-state index in [0.717, 1.165) is 22.3 Å². The Hall–Kier alpha value is -4.52. The van der Waals surface area contributed by atoms with Crippen molar-refractivity contribution < 1.29 is 28.2 Å². The number of halogens is 2. The Morgan fingerprint density at radius 1 is 1.21 bits per heavy atom. The van der Waals surface area contributed by atoms with Gasteiger partial charge in [-0.05, 0) is 53.4 Å². The molecule has 1 aromatic heterocycles. The molecule has 3 N–H and O–H groups in total. The van der Waals surface area contributed by atoms with Gasteiger partial charge in [0, 0.05) is 18.0 Å². The van der Waals surface area contributed by atoms with Crippen molar-refractivity contribution in [2.45, 2.75) is 19.1 Å². The van der Waals surface area contributed by atoms with Gasteiger partial charge < -0.3 is 20.3 Å². The molecule has 34 heavy (non-hydrogen) atoms. The van der Waals surface area contributed by atoms with Crippen LogP contribution in [0.1, 0.15) is 22.3 Å². The van der Waals surface area contributed by atoms with Crippen LogP contribution in [-0.4, -0.2) is 35.8 Å². The van der Waals surface area contributed by atoms with Gasteiger partial charge in [-0.3, -0.25) is 9.78 Å². The number of benzene rings is 2. The summed E-state index contributed by atoms with van der Waals surface area (Å²) in [6.45, 7) is -1.31. The molecule has 1 aliphatic heterocycles. The number of nitrogens with two attached hydrogens (primary N) is 1. The fourth-order valence-electron chi connectivity index (χ4n) is 3.64. The van der Waals surface area contributed by atoms with Crippen molar-refractivity contribution in [3.05, 3.63) is 83.2 Å². The lowest BCUT2D eigenvalue weighted by Gasteiger charge is -2.26. The molecular formula is C24H20F2N4O4. The molecule has 1 atom stereocenters. The van der Waals surface area contributed by atoms with Crippen molar-refractivity contribution in [2.24, 2.45) is 10.7 Å². The summed E-state index contributed by atoms with van der Waals surface area (Å²) < 4.78 is 35.4. The van der Waals surface area contributed by atoms with Gasteiger partial charge in [0.2, 0.25) is 0 Å². The molecule has 1 unspecified atom stereocenters. The first-order chi connectivity index (χ1) is 16.3. The van der Waals surface area contributed by atoms with Crippen LogP contribution in [0.5, 0.6) is 5.75 Å². The Balaban J connectivity index is 0.00000103. The normalized spacial score (nSPS) is 16.5. The van der Waals surface area contributed by atoms with Gasteiger partial charge in [0.25, 0.3) is 12.5 Å². The van der Waals surface area contributed by atoms with E-state index in [9.17, 15) is 8.78 Å². The maximum absolute atomic E-state index is 12.6. The SMILES string of the molecule is Cc1cc(C2(c3cccc(-c4cncc(C#N)c4)c3)COC(N)=N2)ccc1OC(F)F.O=CO. The maximum atomic E-state index is 12.6. The van der Waals surface area contributed by atoms with E-state index in [0.29, 0.717) is 11.1 Å². The van der Waals surface area contributed by atoms with Crippen molar-refractivity contribution in [3.8, 4) is 22.9 Å². The zero-order chi connectivity index (χ0) is 24.7. The average Bonchev–Trinajstić information content (AvgIpc) is 3.23. The van der Waals surface area contributed by atoms with Crippen molar-refractivity contribution in [1.29, 1.82) is 5.26 Å². The van der Waals surface area contributed by atoms with Crippen molar-refractivity contribution in [2.75, 3.05) is 6.61 Å². The van der Waals surface area contributed by atoms with Crippen LogP contribution in [0.4, 0.5) is 8.78 Å². The number of nitrogens with zero attached hydrogens (tertiary/aromatic N) is 3. The van der Waals surface area contributed by atoms with E-state index in [1.165, 1.54) is 12.3 Å². The zero-order valence-corrected chi connectivity index (χ0v) is 18.0. The number of alkyl halides is 2. The van der Waals surface area contributed by atoms with Crippen LogP contribution < -0.4 is 10.5 Å². The van der Waals surface area contributed by atoms with Gasteiger partial charge in [-0.2, -0.15) is 14.0 Å². The van der Waals surface area contributed by atoms with Crippen LogP contribution in [0.15, 0.2) is 65.9 Å². The van der Waals surface area contributed by atoms with Crippen LogP contribution >= 0.6 is 0 Å². The number of carbonyl (C=O) groups is 1. The van der Waals surface area contributed by atoms with E-state index in [2.05, 4.69) is 20.8 Å². The number of carboxylic acid groups (broad SMARTS) is 1. The van der Waals surface area contributed by atoms with Gasteiger partial charge in [0.1, 0.15) is 18.4 Å². The predicted molar refractivity (Wildman–Crippen MR) is 119 cm³/mol. The van der Waals surface area contributed by atoms with Gasteiger partial charge in [0.15, 0.2) is 5.54 Å². The second-order valence-corrected chi connectivity index (χ2v) is 7.22. The second kappa shape index (κ2) is 10.4. The number of hydrogen-bond acceptors (Lipinski definition) is 7. The Morgan fingerprint density at radius 3 is 2.56 bits per heavy atom. The number of aromatic nitrogens is 1. The molecule has 4 rings (SSSR count). The van der Waals surface area contributed by atoms with Gasteiger partial charge in [-0.1, -0.05) is 24.3 Å². The summed E-state index contributed by atoms with van der Waals surface area (Å²) in [6.07, 6.45) is 3.17. The lowest BCUT2D eigenvalue weighted by atomic mass is 9.82. The Morgan fingerprint density at radius 2 is 1.94 bits per heavy atom. The van der Waals surface area contributed by atoms with E-state index in [1.54, 1.807) is 31.3 Å². The van der Waals surface area contributed by atoms with E-state index in [-0.39, 0.29) is 24.9 Å². The van der Waals surface area contributed by atoms with Crippen LogP contribution in [0.25, 0.3) is 11.1 Å². The predicted octanol–water partition coefficient (Wildman–Crippen LogP) is 3.82. The monoisotopic (exact) mass is 466 g/mol. The number of nitriles is 1. The highest BCUT2D eigenvalue weighted by Crippen LogP contribution is 2.40. The van der Waals surface area contributed by atoms with E-state index in [1.807, 2.05) is 24.3 Å². The standard InChI is InChI=1S/C23H18F2N4O2.CH2O2/c1-14-7-19(5-6-20(14)31-21(24)25)23(13-30-22(27)29-23)18-4-2-3-16(9-18)17-8-15(10-26)11-28-12-17;2-1-3/h2-9,11-12,21H,13H2,1H3,(H2,27,29);1H,(H,2,3). The summed E-state index contributed by atoms with van der Waals surface area (Å²) in [6, 6.07) is 16.4. The first kappa shape index (κ1) is 24.1. The molecule has 0 aliphatic carbocycles. The smallest absolute Gasteiger partial charge is 0.387 e. The fraction of sp³-hybridized carbons (Fsp3) is 0.167. The molecule has 174 valence electrons. The molecule has 0 saturated heterocycles. The van der Waals surface area contributed by atoms with Crippen LogP contribution in [0.3, 0.4) is 0 Å². The first-order valence-electron chi connectivity index (χ1n) is 9.91. The number of aliphatic imine (C=N–C) groups is 1. The first-order valence-corrected chi connectivity index (χ1v) is 9.91. The maximum Gasteiger partial charge on any atom is 0.387 e.